The highest BCUT2D eigenvalue weighted by Crippen LogP contribution is 2.38. The first kappa shape index (κ1) is 28.4. The van der Waals surface area contributed by atoms with E-state index in [9.17, 15) is 9.18 Å². The summed E-state index contributed by atoms with van der Waals surface area (Å²) in [6.45, 7) is 10.8. The maximum atomic E-state index is 14.2. The summed E-state index contributed by atoms with van der Waals surface area (Å²) in [6, 6.07) is 21.8. The number of benzene rings is 3. The van der Waals surface area contributed by atoms with Crippen LogP contribution in [0.15, 0.2) is 89.2 Å². The summed E-state index contributed by atoms with van der Waals surface area (Å²) < 4.78 is 21.7. The zero-order valence-electron chi connectivity index (χ0n) is 23.9. The van der Waals surface area contributed by atoms with E-state index in [0.29, 0.717) is 51.7 Å². The van der Waals surface area contributed by atoms with Crippen LogP contribution in [0.5, 0.6) is 5.75 Å². The van der Waals surface area contributed by atoms with Gasteiger partial charge in [0.1, 0.15) is 17.6 Å². The van der Waals surface area contributed by atoms with Gasteiger partial charge in [-0.15, -0.1) is 5.10 Å². The second-order valence-corrected chi connectivity index (χ2v) is 11.8. The van der Waals surface area contributed by atoms with Crippen molar-refractivity contribution in [2.45, 2.75) is 57.0 Å². The molecule has 2 heterocycles. The summed E-state index contributed by atoms with van der Waals surface area (Å²) in [4.78, 5) is 18.6. The molecule has 212 valence electrons. The fourth-order valence-electron chi connectivity index (χ4n) is 4.76. The Hall–Kier alpha value is -4.11. The van der Waals surface area contributed by atoms with Gasteiger partial charge in [0.15, 0.2) is 0 Å². The van der Waals surface area contributed by atoms with E-state index in [1.54, 1.807) is 16.8 Å². The molecule has 0 radical (unpaired) electrons. The number of carbonyl (C=O) groups is 1. The van der Waals surface area contributed by atoms with Crippen molar-refractivity contribution in [3.63, 3.8) is 0 Å². The summed E-state index contributed by atoms with van der Waals surface area (Å²) in [7, 11) is 0. The molecule has 2 N–H and O–H groups in total. The molecule has 41 heavy (non-hydrogen) atoms. The number of fused-ring (bicyclic) bond motifs is 1. The highest BCUT2D eigenvalue weighted by atomic mass is 32.2. The Morgan fingerprint density at radius 3 is 2.49 bits per heavy atom. The molecule has 9 heteroatoms. The van der Waals surface area contributed by atoms with E-state index in [2.05, 4.69) is 43.5 Å². The second kappa shape index (κ2) is 11.8. The highest BCUT2D eigenvalue weighted by molar-refractivity contribution is 7.98. The van der Waals surface area contributed by atoms with Gasteiger partial charge in [-0.25, -0.2) is 9.07 Å². The van der Waals surface area contributed by atoms with Gasteiger partial charge < -0.3 is 15.4 Å². The van der Waals surface area contributed by atoms with Gasteiger partial charge in [0, 0.05) is 11.4 Å². The minimum Gasteiger partial charge on any atom is -0.492 e. The predicted octanol–water partition coefficient (Wildman–Crippen LogP) is 7.33. The van der Waals surface area contributed by atoms with Crippen molar-refractivity contribution in [2.24, 2.45) is 0 Å². The number of amides is 1. The minimum absolute atomic E-state index is 0.0173. The Morgan fingerprint density at radius 1 is 1.07 bits per heavy atom. The summed E-state index contributed by atoms with van der Waals surface area (Å²) in [6.07, 6.45) is 0. The molecule has 3 aromatic carbocycles. The zero-order chi connectivity index (χ0) is 29.1. The highest BCUT2D eigenvalue weighted by Gasteiger charge is 2.35. The lowest BCUT2D eigenvalue weighted by Crippen LogP contribution is -2.31. The summed E-state index contributed by atoms with van der Waals surface area (Å²) in [5.41, 5.74) is 4.43. The molecular formula is C32H34FN5O2S. The van der Waals surface area contributed by atoms with Crippen molar-refractivity contribution < 1.29 is 13.9 Å². The number of nitrogens with one attached hydrogen (secondary N) is 2. The first-order valence-electron chi connectivity index (χ1n) is 13.6. The number of para-hydroxylation sites is 2. The molecular weight excluding hydrogens is 537 g/mol. The third-order valence-electron chi connectivity index (χ3n) is 6.92. The van der Waals surface area contributed by atoms with E-state index < -0.39 is 6.04 Å². The Morgan fingerprint density at radius 2 is 1.78 bits per heavy atom. The molecule has 1 aliphatic rings. The van der Waals surface area contributed by atoms with Crippen LogP contribution in [0.4, 0.5) is 16.0 Å². The third-order valence-corrected chi connectivity index (χ3v) is 7.81. The molecule has 1 unspecified atom stereocenters. The van der Waals surface area contributed by atoms with Crippen molar-refractivity contribution in [3.8, 4) is 5.75 Å². The number of anilines is 2. The van der Waals surface area contributed by atoms with Crippen molar-refractivity contribution in [3.05, 3.63) is 107 Å². The summed E-state index contributed by atoms with van der Waals surface area (Å²) in [5.74, 6) is 0.977. The quantitative estimate of drug-likeness (QED) is 0.216. The van der Waals surface area contributed by atoms with Crippen LogP contribution in [-0.4, -0.2) is 27.3 Å². The van der Waals surface area contributed by atoms with Gasteiger partial charge in [-0.3, -0.25) is 4.79 Å². The lowest BCUT2D eigenvalue weighted by Gasteiger charge is -2.29. The first-order chi connectivity index (χ1) is 19.7. The van der Waals surface area contributed by atoms with Crippen molar-refractivity contribution in [2.75, 3.05) is 17.2 Å². The lowest BCUT2D eigenvalue weighted by molar-refractivity contribution is -0.113. The fourth-order valence-corrected chi connectivity index (χ4v) is 5.57. The average Bonchev–Trinajstić information content (AvgIpc) is 3.35. The normalized spacial score (nSPS) is 14.8. The van der Waals surface area contributed by atoms with Crippen molar-refractivity contribution >= 4 is 29.3 Å². The van der Waals surface area contributed by atoms with Crippen LogP contribution in [0.25, 0.3) is 0 Å². The monoisotopic (exact) mass is 571 g/mol. The molecule has 1 aliphatic heterocycles. The molecule has 4 aromatic rings. The Balaban J connectivity index is 1.52. The Kier molecular flexibility index (Phi) is 8.17. The van der Waals surface area contributed by atoms with Crippen LogP contribution in [0, 0.1) is 5.82 Å². The topological polar surface area (TPSA) is 81.1 Å². The van der Waals surface area contributed by atoms with Crippen LogP contribution in [0.1, 0.15) is 57.4 Å². The smallest absolute Gasteiger partial charge is 0.255 e. The van der Waals surface area contributed by atoms with Gasteiger partial charge in [-0.1, -0.05) is 87.1 Å². The van der Waals surface area contributed by atoms with E-state index in [0.717, 1.165) is 5.56 Å². The van der Waals surface area contributed by atoms with Gasteiger partial charge in [-0.2, -0.15) is 4.98 Å². The molecule has 0 saturated carbocycles. The van der Waals surface area contributed by atoms with Gasteiger partial charge in [0.2, 0.25) is 11.1 Å². The second-order valence-electron chi connectivity index (χ2n) is 10.9. The van der Waals surface area contributed by atoms with Crippen LogP contribution < -0.4 is 15.4 Å². The predicted molar refractivity (Wildman–Crippen MR) is 162 cm³/mol. The maximum Gasteiger partial charge on any atom is 0.255 e. The molecule has 5 rings (SSSR count). The number of hydrogen-bond donors (Lipinski definition) is 2. The molecule has 1 amide bonds. The van der Waals surface area contributed by atoms with E-state index in [1.807, 2.05) is 56.3 Å². The first-order valence-corrected chi connectivity index (χ1v) is 14.6. The molecule has 0 aliphatic carbocycles. The van der Waals surface area contributed by atoms with E-state index in [1.165, 1.54) is 23.4 Å². The third kappa shape index (κ3) is 6.15. The van der Waals surface area contributed by atoms with E-state index >= 15 is 0 Å². The number of aromatic nitrogens is 3. The minimum atomic E-state index is -0.533. The molecule has 1 atom stereocenters. The van der Waals surface area contributed by atoms with Gasteiger partial charge in [-0.05, 0) is 54.2 Å². The van der Waals surface area contributed by atoms with Crippen molar-refractivity contribution in [1.29, 1.82) is 0 Å². The van der Waals surface area contributed by atoms with Crippen LogP contribution in [0.3, 0.4) is 0 Å². The van der Waals surface area contributed by atoms with Crippen LogP contribution >= 0.6 is 11.8 Å². The largest absolute Gasteiger partial charge is 0.492 e. The SMILES string of the molecule is CCOc1ccccc1NC(=O)C1=C(C)Nc2nc(SCc3ccccc3F)nn2C1c1ccc(C(C)(C)C)cc1. The number of carbonyl (C=O) groups excluding carboxylic acids is 1. The number of ether oxygens (including phenoxy) is 1. The molecule has 0 bridgehead atoms. The summed E-state index contributed by atoms with van der Waals surface area (Å²) in [5, 5.41) is 11.6. The Labute approximate surface area is 244 Å². The number of allylic oxidation sites excluding steroid dienone is 1. The fraction of sp³-hybridized carbons (Fsp3) is 0.281. The molecule has 0 spiro atoms. The van der Waals surface area contributed by atoms with Crippen LogP contribution in [-0.2, 0) is 16.0 Å². The van der Waals surface area contributed by atoms with E-state index in [-0.39, 0.29) is 17.1 Å². The number of nitrogens with zero attached hydrogens (tertiary/aromatic N) is 3. The number of hydrogen-bond acceptors (Lipinski definition) is 6. The summed E-state index contributed by atoms with van der Waals surface area (Å²) >= 11 is 1.35. The number of thioether (sulfide) groups is 1. The molecule has 1 aromatic heterocycles. The molecule has 0 fully saturated rings. The zero-order valence-corrected chi connectivity index (χ0v) is 24.7. The van der Waals surface area contributed by atoms with E-state index in [4.69, 9.17) is 14.8 Å². The average molecular weight is 572 g/mol. The van der Waals surface area contributed by atoms with Gasteiger partial charge in [0.25, 0.3) is 5.91 Å². The lowest BCUT2D eigenvalue weighted by atomic mass is 9.85. The number of halogens is 1. The maximum absolute atomic E-state index is 14.2. The molecule has 7 nitrogen and oxygen atoms in total. The van der Waals surface area contributed by atoms with Crippen molar-refractivity contribution in [1.82, 2.24) is 14.8 Å². The standard InChI is InChI=1S/C32H34FN5O2S/c1-6-40-26-14-10-9-13-25(26)35-29(39)27-20(2)34-30-36-31(41-19-22-11-7-8-12-24(22)33)37-38(30)28(27)21-15-17-23(18-16-21)32(3,4)5/h7-18,28H,6,19H2,1-5H3,(H,35,39)(H,34,36,37). The Bertz CT molecular complexity index is 1590. The molecule has 0 saturated heterocycles. The van der Waals surface area contributed by atoms with Crippen LogP contribution in [0.2, 0.25) is 0 Å². The van der Waals surface area contributed by atoms with Gasteiger partial charge >= 0.3 is 0 Å². The number of rotatable bonds is 8. The van der Waals surface area contributed by atoms with Gasteiger partial charge in [0.05, 0.1) is 17.9 Å².